The van der Waals surface area contributed by atoms with Crippen LogP contribution in [-0.4, -0.2) is 29.9 Å². The second-order valence-electron chi connectivity index (χ2n) is 4.52. The molecule has 3 nitrogen and oxygen atoms in total. The first-order valence-corrected chi connectivity index (χ1v) is 6.60. The number of thiazole rings is 1. The van der Waals surface area contributed by atoms with Crippen molar-refractivity contribution in [3.05, 3.63) is 10.6 Å². The fraction of sp³-hybridized carbons (Fsp3) is 0.727. The molecule has 0 amide bonds. The normalized spacial score (nSPS) is 16.1. The van der Waals surface area contributed by atoms with Crippen LogP contribution in [0.15, 0.2) is 0 Å². The van der Waals surface area contributed by atoms with Crippen molar-refractivity contribution in [1.29, 1.82) is 0 Å². The summed E-state index contributed by atoms with van der Waals surface area (Å²) in [5.74, 6) is 0.396. The molecule has 1 fully saturated rings. The number of hydrogen-bond donors (Lipinski definition) is 1. The molecule has 1 aliphatic carbocycles. The van der Waals surface area contributed by atoms with Crippen LogP contribution in [0.4, 0.5) is 18.3 Å². The molecule has 0 aliphatic heterocycles. The summed E-state index contributed by atoms with van der Waals surface area (Å²) in [6.07, 6.45) is -2.88. The highest BCUT2D eigenvalue weighted by atomic mass is 32.1. The highest BCUT2D eigenvalue weighted by Crippen LogP contribution is 2.44. The lowest BCUT2D eigenvalue weighted by atomic mass is 10.2. The third-order valence-electron chi connectivity index (χ3n) is 2.88. The van der Waals surface area contributed by atoms with Gasteiger partial charge in [-0.3, -0.25) is 0 Å². The average molecular weight is 280 g/mol. The lowest BCUT2D eigenvalue weighted by molar-refractivity contribution is -0.132. The van der Waals surface area contributed by atoms with Crippen molar-refractivity contribution >= 4 is 16.5 Å². The molecule has 0 saturated heterocycles. The quantitative estimate of drug-likeness (QED) is 0.901. The number of nitrogens with zero attached hydrogens (tertiary/aromatic N) is 2. The fourth-order valence-electron chi connectivity index (χ4n) is 1.69. The lowest BCUT2D eigenvalue weighted by Crippen LogP contribution is -2.23. The summed E-state index contributed by atoms with van der Waals surface area (Å²) in [4.78, 5) is 6.65. The van der Waals surface area contributed by atoms with Gasteiger partial charge in [-0.2, -0.15) is 13.2 Å². The topological polar surface area (TPSA) is 36.4 Å². The first-order valence-electron chi connectivity index (χ1n) is 5.79. The highest BCUT2D eigenvalue weighted by Gasteiger charge is 2.31. The van der Waals surface area contributed by atoms with E-state index >= 15 is 0 Å². The van der Waals surface area contributed by atoms with Gasteiger partial charge < -0.3 is 10.0 Å². The van der Waals surface area contributed by atoms with Crippen molar-refractivity contribution in [3.63, 3.8) is 0 Å². The van der Waals surface area contributed by atoms with Crippen LogP contribution in [0.5, 0.6) is 0 Å². The van der Waals surface area contributed by atoms with Gasteiger partial charge in [0.2, 0.25) is 0 Å². The molecule has 1 aliphatic rings. The first-order chi connectivity index (χ1) is 8.40. The molecule has 1 N–H and O–H groups in total. The summed E-state index contributed by atoms with van der Waals surface area (Å²) in [5, 5.41) is 9.78. The minimum atomic E-state index is -4.15. The van der Waals surface area contributed by atoms with Gasteiger partial charge in [-0.1, -0.05) is 11.3 Å². The molecule has 7 heteroatoms. The molecule has 18 heavy (non-hydrogen) atoms. The molecule has 0 bridgehead atoms. The molecule has 1 heterocycles. The van der Waals surface area contributed by atoms with Crippen LogP contribution in [-0.2, 0) is 6.61 Å². The maximum atomic E-state index is 12.1. The van der Waals surface area contributed by atoms with Crippen molar-refractivity contribution in [2.75, 3.05) is 18.5 Å². The number of aromatic nitrogens is 1. The van der Waals surface area contributed by atoms with E-state index in [2.05, 4.69) is 4.98 Å². The SMILES string of the molecule is CN(CCC(F)(F)F)c1nc(C2CC2)c(CO)s1. The van der Waals surface area contributed by atoms with E-state index in [9.17, 15) is 18.3 Å². The van der Waals surface area contributed by atoms with Crippen LogP contribution in [0, 0.1) is 0 Å². The second kappa shape index (κ2) is 5.05. The molecule has 1 aromatic rings. The number of alkyl halides is 3. The number of aliphatic hydroxyl groups excluding tert-OH is 1. The molecule has 1 saturated carbocycles. The molecule has 0 spiro atoms. The van der Waals surface area contributed by atoms with E-state index in [0.29, 0.717) is 11.0 Å². The third-order valence-corrected chi connectivity index (χ3v) is 4.05. The summed E-state index contributed by atoms with van der Waals surface area (Å²) < 4.78 is 36.4. The highest BCUT2D eigenvalue weighted by molar-refractivity contribution is 7.15. The molecule has 0 aromatic carbocycles. The van der Waals surface area contributed by atoms with Crippen molar-refractivity contribution < 1.29 is 18.3 Å². The summed E-state index contributed by atoms with van der Waals surface area (Å²) in [6.45, 7) is -0.192. The minimum absolute atomic E-state index is 0.0867. The molecular weight excluding hydrogens is 265 g/mol. The number of halogens is 3. The Morgan fingerprint density at radius 2 is 2.11 bits per heavy atom. The van der Waals surface area contributed by atoms with Crippen molar-refractivity contribution in [1.82, 2.24) is 4.98 Å². The van der Waals surface area contributed by atoms with Crippen LogP contribution < -0.4 is 4.90 Å². The number of hydrogen-bond acceptors (Lipinski definition) is 4. The zero-order valence-corrected chi connectivity index (χ0v) is 10.8. The number of aliphatic hydroxyl groups is 1. The predicted octanol–water partition coefficient (Wildman–Crippen LogP) is 2.90. The van der Waals surface area contributed by atoms with Crippen molar-refractivity contribution in [2.45, 2.75) is 38.0 Å². The maximum Gasteiger partial charge on any atom is 0.390 e. The van der Waals surface area contributed by atoms with Gasteiger partial charge in [0.05, 0.1) is 23.6 Å². The van der Waals surface area contributed by atoms with E-state index in [-0.39, 0.29) is 13.2 Å². The van der Waals surface area contributed by atoms with Gasteiger partial charge in [-0.15, -0.1) is 0 Å². The van der Waals surface area contributed by atoms with Crippen LogP contribution >= 0.6 is 11.3 Å². The summed E-state index contributed by atoms with van der Waals surface area (Å²) in [7, 11) is 1.60. The summed E-state index contributed by atoms with van der Waals surface area (Å²) in [5.41, 5.74) is 0.872. The predicted molar refractivity (Wildman–Crippen MR) is 64.0 cm³/mol. The largest absolute Gasteiger partial charge is 0.391 e. The number of anilines is 1. The lowest BCUT2D eigenvalue weighted by Gasteiger charge is -2.16. The molecule has 2 rings (SSSR count). The van der Waals surface area contributed by atoms with Gasteiger partial charge in [-0.05, 0) is 12.8 Å². The molecule has 0 radical (unpaired) electrons. The van der Waals surface area contributed by atoms with Gasteiger partial charge in [0.15, 0.2) is 5.13 Å². The molecule has 0 atom stereocenters. The van der Waals surface area contributed by atoms with E-state index in [0.717, 1.165) is 23.4 Å². The van der Waals surface area contributed by atoms with Gasteiger partial charge in [0.1, 0.15) is 0 Å². The van der Waals surface area contributed by atoms with Gasteiger partial charge in [0.25, 0.3) is 0 Å². The van der Waals surface area contributed by atoms with E-state index in [4.69, 9.17) is 0 Å². The minimum Gasteiger partial charge on any atom is -0.391 e. The molecule has 0 unspecified atom stereocenters. The Kier molecular flexibility index (Phi) is 3.82. The van der Waals surface area contributed by atoms with Gasteiger partial charge in [-0.25, -0.2) is 4.98 Å². The molecular formula is C11H15F3N2OS. The first kappa shape index (κ1) is 13.6. The maximum absolute atomic E-state index is 12.1. The number of rotatable bonds is 5. The van der Waals surface area contributed by atoms with Crippen LogP contribution in [0.1, 0.15) is 35.8 Å². The monoisotopic (exact) mass is 280 g/mol. The van der Waals surface area contributed by atoms with E-state index in [1.165, 1.54) is 16.2 Å². The second-order valence-corrected chi connectivity index (χ2v) is 5.59. The molecule has 102 valence electrons. The Hall–Kier alpha value is -0.820. The van der Waals surface area contributed by atoms with E-state index < -0.39 is 12.6 Å². The standard InChI is InChI=1S/C11H15F3N2OS/c1-16(5-4-11(12,13)14)10-15-9(7-2-3-7)8(6-17)18-10/h7,17H,2-6H2,1H3. The van der Waals surface area contributed by atoms with Crippen LogP contribution in [0.25, 0.3) is 0 Å². The Morgan fingerprint density at radius 1 is 1.44 bits per heavy atom. The van der Waals surface area contributed by atoms with E-state index in [1.807, 2.05) is 0 Å². The zero-order chi connectivity index (χ0) is 13.3. The van der Waals surface area contributed by atoms with Gasteiger partial charge in [0, 0.05) is 19.5 Å². The fourth-order valence-corrected chi connectivity index (χ4v) is 2.69. The Labute approximate surface area is 107 Å². The summed E-state index contributed by atoms with van der Waals surface area (Å²) in [6, 6.07) is 0. The van der Waals surface area contributed by atoms with Crippen molar-refractivity contribution in [3.8, 4) is 0 Å². The smallest absolute Gasteiger partial charge is 0.390 e. The molecule has 1 aromatic heterocycles. The van der Waals surface area contributed by atoms with Crippen LogP contribution in [0.2, 0.25) is 0 Å². The Morgan fingerprint density at radius 3 is 2.61 bits per heavy atom. The Bertz CT molecular complexity index is 415. The average Bonchev–Trinajstić information content (AvgIpc) is 3.04. The summed E-state index contributed by atoms with van der Waals surface area (Å²) >= 11 is 1.28. The zero-order valence-electron chi connectivity index (χ0n) is 10.00. The van der Waals surface area contributed by atoms with Crippen molar-refractivity contribution in [2.24, 2.45) is 0 Å². The van der Waals surface area contributed by atoms with Crippen LogP contribution in [0.3, 0.4) is 0 Å². The van der Waals surface area contributed by atoms with E-state index in [1.54, 1.807) is 7.05 Å². The van der Waals surface area contributed by atoms with Gasteiger partial charge >= 0.3 is 6.18 Å². The Balaban J connectivity index is 2.03. The third kappa shape index (κ3) is 3.35.